The van der Waals surface area contributed by atoms with Crippen LogP contribution in [0.2, 0.25) is 0 Å². The molecule has 2 heterocycles. The molecule has 3 amide bonds. The summed E-state index contributed by atoms with van der Waals surface area (Å²) in [6.45, 7) is 10.4. The number of nitrogens with zero attached hydrogens (tertiary/aromatic N) is 2. The van der Waals surface area contributed by atoms with E-state index >= 15 is 0 Å². The lowest BCUT2D eigenvalue weighted by Crippen LogP contribution is -2.52. The van der Waals surface area contributed by atoms with E-state index in [1.807, 2.05) is 20.8 Å². The van der Waals surface area contributed by atoms with Gasteiger partial charge in [-0.15, -0.1) is 0 Å². The van der Waals surface area contributed by atoms with Gasteiger partial charge < -0.3 is 24.6 Å². The largest absolute Gasteiger partial charge is 0.444 e. The molecule has 1 unspecified atom stereocenters. The normalized spacial score (nSPS) is 20.5. The van der Waals surface area contributed by atoms with Crippen molar-refractivity contribution in [1.29, 1.82) is 0 Å². The highest BCUT2D eigenvalue weighted by Gasteiger charge is 2.31. The number of carbonyl (C=O) groups excluding carboxylic acids is 3. The fourth-order valence-electron chi connectivity index (χ4n) is 3.10. The zero-order valence-corrected chi connectivity index (χ0v) is 16.2. The van der Waals surface area contributed by atoms with Crippen LogP contribution in [0, 0.1) is 5.92 Å². The molecule has 148 valence electrons. The maximum atomic E-state index is 12.5. The van der Waals surface area contributed by atoms with Crippen LogP contribution >= 0.6 is 0 Å². The Bertz CT molecular complexity index is 517. The molecular formula is C18H31N3O5. The van der Waals surface area contributed by atoms with Crippen LogP contribution in [0.3, 0.4) is 0 Å². The van der Waals surface area contributed by atoms with E-state index in [-0.39, 0.29) is 23.8 Å². The molecule has 8 nitrogen and oxygen atoms in total. The summed E-state index contributed by atoms with van der Waals surface area (Å²) in [5.74, 6) is -0.385. The van der Waals surface area contributed by atoms with Crippen molar-refractivity contribution < 1.29 is 23.9 Å². The lowest BCUT2D eigenvalue weighted by atomic mass is 9.96. The molecule has 0 aromatic heterocycles. The first-order valence-corrected chi connectivity index (χ1v) is 9.32. The summed E-state index contributed by atoms with van der Waals surface area (Å²) in [7, 11) is 0. The molecule has 0 radical (unpaired) electrons. The Labute approximate surface area is 155 Å². The molecule has 1 atom stereocenters. The summed E-state index contributed by atoms with van der Waals surface area (Å²) in [5, 5.41) is 2.82. The summed E-state index contributed by atoms with van der Waals surface area (Å²) in [6, 6.07) is -0.551. The Hall–Kier alpha value is -1.83. The third-order valence-electron chi connectivity index (χ3n) is 4.57. The van der Waals surface area contributed by atoms with E-state index in [1.54, 1.807) is 16.7 Å². The van der Waals surface area contributed by atoms with E-state index in [0.717, 1.165) is 0 Å². The summed E-state index contributed by atoms with van der Waals surface area (Å²) >= 11 is 0. The van der Waals surface area contributed by atoms with Gasteiger partial charge in [0, 0.05) is 32.1 Å². The number of carbonyl (C=O) groups is 3. The highest BCUT2D eigenvalue weighted by atomic mass is 16.6. The smallest absolute Gasteiger partial charge is 0.410 e. The molecule has 0 spiro atoms. The van der Waals surface area contributed by atoms with Crippen molar-refractivity contribution in [2.24, 2.45) is 5.92 Å². The first-order valence-electron chi connectivity index (χ1n) is 9.32. The molecule has 0 aromatic carbocycles. The fraction of sp³-hybridized carbons (Fsp3) is 0.833. The number of ether oxygens (including phenoxy) is 2. The molecule has 1 N–H and O–H groups in total. The Morgan fingerprint density at radius 1 is 1.04 bits per heavy atom. The molecule has 0 saturated carbocycles. The van der Waals surface area contributed by atoms with Gasteiger partial charge in [0.15, 0.2) is 0 Å². The second-order valence-corrected chi connectivity index (χ2v) is 7.91. The van der Waals surface area contributed by atoms with Gasteiger partial charge in [-0.2, -0.15) is 0 Å². The van der Waals surface area contributed by atoms with Gasteiger partial charge in [-0.1, -0.05) is 0 Å². The van der Waals surface area contributed by atoms with Crippen LogP contribution in [0.25, 0.3) is 0 Å². The predicted molar refractivity (Wildman–Crippen MR) is 95.5 cm³/mol. The maximum absolute atomic E-state index is 12.5. The molecule has 2 fully saturated rings. The number of amides is 3. The second-order valence-electron chi connectivity index (χ2n) is 7.91. The van der Waals surface area contributed by atoms with Gasteiger partial charge in [-0.3, -0.25) is 9.59 Å². The number of rotatable bonds is 3. The third-order valence-corrected chi connectivity index (χ3v) is 4.57. The van der Waals surface area contributed by atoms with Gasteiger partial charge in [0.25, 0.3) is 0 Å². The van der Waals surface area contributed by atoms with Crippen LogP contribution in [0.1, 0.15) is 40.5 Å². The van der Waals surface area contributed by atoms with Crippen molar-refractivity contribution in [3.05, 3.63) is 0 Å². The van der Waals surface area contributed by atoms with Crippen molar-refractivity contribution in [2.75, 3.05) is 39.4 Å². The zero-order valence-electron chi connectivity index (χ0n) is 16.2. The molecule has 2 aliphatic rings. The van der Waals surface area contributed by atoms with Crippen LogP contribution < -0.4 is 5.32 Å². The molecule has 0 aliphatic carbocycles. The standard InChI is InChI=1S/C18H31N3O5/c1-13(16(23)20-9-11-25-12-10-20)19-15(22)14-5-7-21(8-6-14)17(24)26-18(2,3)4/h13-14H,5-12H2,1-4H3,(H,19,22). The van der Waals surface area contributed by atoms with E-state index in [0.29, 0.717) is 52.2 Å². The average Bonchev–Trinajstić information content (AvgIpc) is 2.60. The Kier molecular flexibility index (Phi) is 6.86. The van der Waals surface area contributed by atoms with Crippen molar-refractivity contribution in [3.63, 3.8) is 0 Å². The van der Waals surface area contributed by atoms with Gasteiger partial charge in [0.1, 0.15) is 11.6 Å². The van der Waals surface area contributed by atoms with E-state index in [4.69, 9.17) is 9.47 Å². The minimum absolute atomic E-state index is 0.0761. The number of hydrogen-bond donors (Lipinski definition) is 1. The number of piperidine rings is 1. The number of hydrogen-bond acceptors (Lipinski definition) is 5. The van der Waals surface area contributed by atoms with Crippen molar-refractivity contribution >= 4 is 17.9 Å². The van der Waals surface area contributed by atoms with Gasteiger partial charge in [-0.25, -0.2) is 4.79 Å². The lowest BCUT2D eigenvalue weighted by molar-refractivity contribution is -0.140. The molecule has 2 rings (SSSR count). The summed E-state index contributed by atoms with van der Waals surface area (Å²) in [5.41, 5.74) is -0.527. The first kappa shape index (κ1) is 20.5. The van der Waals surface area contributed by atoms with Crippen molar-refractivity contribution in [3.8, 4) is 0 Å². The van der Waals surface area contributed by atoms with Gasteiger partial charge in [-0.05, 0) is 40.5 Å². The second kappa shape index (κ2) is 8.70. The monoisotopic (exact) mass is 369 g/mol. The third kappa shape index (κ3) is 5.86. The molecule has 2 saturated heterocycles. The topological polar surface area (TPSA) is 88.2 Å². The molecule has 8 heteroatoms. The average molecular weight is 369 g/mol. The van der Waals surface area contributed by atoms with Crippen LogP contribution in [0.4, 0.5) is 4.79 Å². The molecule has 2 aliphatic heterocycles. The highest BCUT2D eigenvalue weighted by molar-refractivity contribution is 5.88. The molecular weight excluding hydrogens is 338 g/mol. The first-order chi connectivity index (χ1) is 12.2. The lowest BCUT2D eigenvalue weighted by Gasteiger charge is -2.34. The van der Waals surface area contributed by atoms with Crippen LogP contribution in [-0.4, -0.2) is 78.7 Å². The molecule has 0 bridgehead atoms. The van der Waals surface area contributed by atoms with Crippen molar-refractivity contribution in [2.45, 2.75) is 52.2 Å². The fourth-order valence-corrected chi connectivity index (χ4v) is 3.10. The summed E-state index contributed by atoms with van der Waals surface area (Å²) in [4.78, 5) is 40.3. The van der Waals surface area contributed by atoms with Gasteiger partial charge >= 0.3 is 6.09 Å². The molecule has 0 aromatic rings. The summed E-state index contributed by atoms with van der Waals surface area (Å²) < 4.78 is 10.6. The SMILES string of the molecule is CC(NC(=O)C1CCN(C(=O)OC(C)(C)C)CC1)C(=O)N1CCOCC1. The van der Waals surface area contributed by atoms with E-state index < -0.39 is 11.6 Å². The Balaban J connectivity index is 1.77. The van der Waals surface area contributed by atoms with E-state index in [2.05, 4.69) is 5.32 Å². The van der Waals surface area contributed by atoms with Gasteiger partial charge in [0.05, 0.1) is 13.2 Å². The van der Waals surface area contributed by atoms with Crippen LogP contribution in [0.5, 0.6) is 0 Å². The van der Waals surface area contributed by atoms with Crippen molar-refractivity contribution in [1.82, 2.24) is 15.1 Å². The minimum Gasteiger partial charge on any atom is -0.444 e. The van der Waals surface area contributed by atoms with E-state index in [9.17, 15) is 14.4 Å². The number of nitrogens with one attached hydrogen (secondary N) is 1. The quantitative estimate of drug-likeness (QED) is 0.802. The van der Waals surface area contributed by atoms with Gasteiger partial charge in [0.2, 0.25) is 11.8 Å². The molecule has 26 heavy (non-hydrogen) atoms. The number of likely N-dealkylation sites (tertiary alicyclic amines) is 1. The van der Waals surface area contributed by atoms with Crippen LogP contribution in [-0.2, 0) is 19.1 Å². The highest BCUT2D eigenvalue weighted by Crippen LogP contribution is 2.20. The zero-order chi connectivity index (χ0) is 19.3. The minimum atomic E-state index is -0.551. The Morgan fingerprint density at radius 2 is 1.62 bits per heavy atom. The van der Waals surface area contributed by atoms with Crippen LogP contribution in [0.15, 0.2) is 0 Å². The number of morpholine rings is 1. The Morgan fingerprint density at radius 3 is 2.15 bits per heavy atom. The maximum Gasteiger partial charge on any atom is 0.410 e. The van der Waals surface area contributed by atoms with E-state index in [1.165, 1.54) is 0 Å². The summed E-state index contributed by atoms with van der Waals surface area (Å²) in [6.07, 6.45) is 0.805. The predicted octanol–water partition coefficient (Wildman–Crippen LogP) is 0.997.